The van der Waals surface area contributed by atoms with Crippen LogP contribution in [0.15, 0.2) is 24.5 Å². The molecule has 0 bridgehead atoms. The second-order valence-electron chi connectivity index (χ2n) is 3.86. The van der Waals surface area contributed by atoms with E-state index in [-0.39, 0.29) is 26.3 Å². The van der Waals surface area contributed by atoms with Gasteiger partial charge in [0.25, 0.3) is 0 Å². The van der Waals surface area contributed by atoms with Crippen molar-refractivity contribution in [2.24, 2.45) is 0 Å². The average Bonchev–Trinajstić information content (AvgIpc) is 2.36. The van der Waals surface area contributed by atoms with Crippen LogP contribution in [0.3, 0.4) is 0 Å². The van der Waals surface area contributed by atoms with Gasteiger partial charge in [-0.1, -0.05) is 0 Å². The van der Waals surface area contributed by atoms with E-state index in [0.29, 0.717) is 0 Å². The molecule has 0 unspecified atom stereocenters. The minimum absolute atomic E-state index is 0.220. The molecule has 4 N–H and O–H groups in total. The maximum absolute atomic E-state index is 6.03. The molecule has 0 fully saturated rings. The predicted octanol–water partition coefficient (Wildman–Crippen LogP) is -0.468. The first kappa shape index (κ1) is 13.4. The van der Waals surface area contributed by atoms with Crippen molar-refractivity contribution in [1.29, 1.82) is 0 Å². The molecule has 0 saturated carbocycles. The molecule has 0 radical (unpaired) electrons. The Morgan fingerprint density at radius 1 is 0.833 bits per heavy atom. The molecule has 0 aromatic carbocycles. The van der Waals surface area contributed by atoms with E-state index < -0.39 is 0 Å². The van der Waals surface area contributed by atoms with Gasteiger partial charge in [0.05, 0.1) is 0 Å². The number of nitrogen functional groups attached to an aromatic ring is 2. The minimum atomic E-state index is 0.220. The summed E-state index contributed by atoms with van der Waals surface area (Å²) >= 11 is 0.441. The summed E-state index contributed by atoms with van der Waals surface area (Å²) in [5.41, 5.74) is 15.8. The number of hydrogen-bond donors (Lipinski definition) is 2. The van der Waals surface area contributed by atoms with Crippen LogP contribution in [-0.2, 0) is 0 Å². The van der Waals surface area contributed by atoms with Gasteiger partial charge in [-0.2, -0.15) is 0 Å². The number of anilines is 2. The molecule has 0 aliphatic carbocycles. The first-order valence-electron chi connectivity index (χ1n) is 5.36. The molecule has 2 aromatic rings. The Kier molecular flexibility index (Phi) is 4.25. The number of aromatic nitrogens is 2. The normalized spacial score (nSPS) is 10.6. The standard InChI is InChI=1S/C12H14N4Se2/c1-7-3-5-15-11(9(7)13)17-18-12-10(14)8(2)4-6-16-12/h3-6H,13-14H2,1-2H3. The van der Waals surface area contributed by atoms with E-state index in [4.69, 9.17) is 11.5 Å². The summed E-state index contributed by atoms with van der Waals surface area (Å²) in [5, 5.41) is 0. The second kappa shape index (κ2) is 5.72. The van der Waals surface area contributed by atoms with Crippen molar-refractivity contribution < 1.29 is 0 Å². The van der Waals surface area contributed by atoms with Crippen molar-refractivity contribution in [2.75, 3.05) is 11.5 Å². The SMILES string of the molecule is Cc1ccnc([Se][Se]c2nccc(C)c2N)c1N. The van der Waals surface area contributed by atoms with Gasteiger partial charge >= 0.3 is 118 Å². The molecular weight excluding hydrogens is 358 g/mol. The van der Waals surface area contributed by atoms with E-state index in [1.54, 1.807) is 0 Å². The van der Waals surface area contributed by atoms with Crippen molar-refractivity contribution in [2.45, 2.75) is 13.8 Å². The Bertz CT molecular complexity index is 520. The molecule has 0 spiro atoms. The van der Waals surface area contributed by atoms with E-state index in [9.17, 15) is 0 Å². The molecule has 94 valence electrons. The summed E-state index contributed by atoms with van der Waals surface area (Å²) < 4.78 is 2.01. The van der Waals surface area contributed by atoms with Crippen LogP contribution in [0, 0.1) is 13.8 Å². The van der Waals surface area contributed by atoms with Crippen molar-refractivity contribution in [1.82, 2.24) is 9.97 Å². The zero-order valence-electron chi connectivity index (χ0n) is 10.2. The predicted molar refractivity (Wildman–Crippen MR) is 77.5 cm³/mol. The molecule has 0 aliphatic heterocycles. The van der Waals surface area contributed by atoms with Gasteiger partial charge in [-0.3, -0.25) is 0 Å². The Morgan fingerprint density at radius 3 is 1.61 bits per heavy atom. The maximum atomic E-state index is 6.03. The van der Waals surface area contributed by atoms with Gasteiger partial charge in [-0.15, -0.1) is 0 Å². The van der Waals surface area contributed by atoms with Crippen LogP contribution in [-0.4, -0.2) is 36.2 Å². The molecule has 2 aromatic heterocycles. The molecule has 18 heavy (non-hydrogen) atoms. The Morgan fingerprint density at radius 2 is 1.22 bits per heavy atom. The summed E-state index contributed by atoms with van der Waals surface area (Å²) in [6.07, 6.45) is 3.62. The fraction of sp³-hybridized carbons (Fsp3) is 0.167. The third-order valence-electron chi connectivity index (χ3n) is 2.54. The Hall–Kier alpha value is -1.06. The Balaban J connectivity index is 2.17. The van der Waals surface area contributed by atoms with Crippen LogP contribution in [0.5, 0.6) is 0 Å². The van der Waals surface area contributed by atoms with Crippen LogP contribution in [0.1, 0.15) is 11.1 Å². The molecule has 2 rings (SSSR count). The van der Waals surface area contributed by atoms with E-state index in [1.807, 2.05) is 38.4 Å². The summed E-state index contributed by atoms with van der Waals surface area (Å²) in [7, 11) is 0. The van der Waals surface area contributed by atoms with Crippen molar-refractivity contribution in [3.8, 4) is 0 Å². The summed E-state index contributed by atoms with van der Waals surface area (Å²) in [6, 6.07) is 3.86. The van der Waals surface area contributed by atoms with Crippen LogP contribution in [0.2, 0.25) is 0 Å². The van der Waals surface area contributed by atoms with E-state index in [0.717, 1.165) is 31.7 Å². The molecule has 2 heterocycles. The first-order chi connectivity index (χ1) is 8.59. The number of pyridine rings is 2. The van der Waals surface area contributed by atoms with Crippen LogP contribution < -0.4 is 20.7 Å². The van der Waals surface area contributed by atoms with Gasteiger partial charge in [0.2, 0.25) is 0 Å². The van der Waals surface area contributed by atoms with Crippen LogP contribution in [0.4, 0.5) is 11.4 Å². The number of aryl methyl sites for hydroxylation is 2. The van der Waals surface area contributed by atoms with Gasteiger partial charge in [-0.25, -0.2) is 0 Å². The summed E-state index contributed by atoms with van der Waals surface area (Å²) in [4.78, 5) is 8.71. The van der Waals surface area contributed by atoms with Gasteiger partial charge in [0.15, 0.2) is 0 Å². The van der Waals surface area contributed by atoms with Gasteiger partial charge in [0, 0.05) is 0 Å². The molecule has 0 amide bonds. The van der Waals surface area contributed by atoms with Gasteiger partial charge in [0.1, 0.15) is 0 Å². The topological polar surface area (TPSA) is 77.8 Å². The first-order valence-corrected chi connectivity index (χ1v) is 11.4. The van der Waals surface area contributed by atoms with Gasteiger partial charge in [-0.05, 0) is 0 Å². The van der Waals surface area contributed by atoms with Crippen LogP contribution in [0.25, 0.3) is 0 Å². The monoisotopic (exact) mass is 374 g/mol. The third kappa shape index (κ3) is 2.85. The van der Waals surface area contributed by atoms with E-state index in [1.165, 1.54) is 0 Å². The van der Waals surface area contributed by atoms with E-state index >= 15 is 0 Å². The van der Waals surface area contributed by atoms with Crippen molar-refractivity contribution in [3.63, 3.8) is 0 Å². The molecule has 0 atom stereocenters. The molecule has 6 heteroatoms. The fourth-order valence-electron chi connectivity index (χ4n) is 1.30. The molecular formula is C12H14N4Se2. The molecule has 0 aliphatic rings. The summed E-state index contributed by atoms with van der Waals surface area (Å²) in [5.74, 6) is 0. The second-order valence-corrected chi connectivity index (χ2v) is 9.82. The third-order valence-corrected chi connectivity index (χ3v) is 9.10. The molecule has 4 nitrogen and oxygen atoms in total. The zero-order valence-corrected chi connectivity index (χ0v) is 13.6. The number of hydrogen-bond acceptors (Lipinski definition) is 4. The van der Waals surface area contributed by atoms with Crippen molar-refractivity contribution in [3.05, 3.63) is 35.7 Å². The van der Waals surface area contributed by atoms with Crippen molar-refractivity contribution >= 4 is 46.8 Å². The fourth-order valence-corrected chi connectivity index (χ4v) is 7.74. The van der Waals surface area contributed by atoms with Crippen LogP contribution >= 0.6 is 0 Å². The Labute approximate surface area is 117 Å². The molecule has 0 saturated heterocycles. The summed E-state index contributed by atoms with van der Waals surface area (Å²) in [6.45, 7) is 4.01. The quantitative estimate of drug-likeness (QED) is 0.715. The van der Waals surface area contributed by atoms with E-state index in [2.05, 4.69) is 9.97 Å². The van der Waals surface area contributed by atoms with Gasteiger partial charge < -0.3 is 0 Å². The number of rotatable bonds is 3. The number of nitrogens with zero attached hydrogens (tertiary/aromatic N) is 2. The number of nitrogens with two attached hydrogens (primary N) is 2. The average molecular weight is 372 g/mol. The zero-order chi connectivity index (χ0) is 13.1.